The van der Waals surface area contributed by atoms with Gasteiger partial charge in [-0.1, -0.05) is 49.7 Å². The standard InChI is InChI=1S/C13H13ClN2/c1-9(2)10-5-3-4-6-11(10)12-7-13(14)16-8-15-12/h3-9H,1-2H3. The number of hydrogen-bond donors (Lipinski definition) is 0. The largest absolute Gasteiger partial charge is 0.236 e. The Bertz CT molecular complexity index is 495. The van der Waals surface area contributed by atoms with Crippen molar-refractivity contribution < 1.29 is 0 Å². The van der Waals surface area contributed by atoms with Gasteiger partial charge in [-0.3, -0.25) is 0 Å². The number of halogens is 1. The molecule has 2 aromatic rings. The maximum Gasteiger partial charge on any atom is 0.133 e. The van der Waals surface area contributed by atoms with Crippen molar-refractivity contribution in [3.05, 3.63) is 47.4 Å². The molecule has 1 aromatic carbocycles. The van der Waals surface area contributed by atoms with E-state index in [9.17, 15) is 0 Å². The molecule has 0 spiro atoms. The zero-order chi connectivity index (χ0) is 11.5. The second kappa shape index (κ2) is 4.62. The molecule has 0 aliphatic heterocycles. The molecule has 0 fully saturated rings. The van der Waals surface area contributed by atoms with Crippen molar-refractivity contribution in [3.8, 4) is 11.3 Å². The number of nitrogens with zero attached hydrogens (tertiary/aromatic N) is 2. The maximum absolute atomic E-state index is 5.88. The van der Waals surface area contributed by atoms with E-state index >= 15 is 0 Å². The van der Waals surface area contributed by atoms with Gasteiger partial charge < -0.3 is 0 Å². The van der Waals surface area contributed by atoms with E-state index in [-0.39, 0.29) is 0 Å². The molecule has 0 unspecified atom stereocenters. The molecule has 0 radical (unpaired) electrons. The van der Waals surface area contributed by atoms with Crippen LogP contribution in [0.2, 0.25) is 5.15 Å². The van der Waals surface area contributed by atoms with Gasteiger partial charge in [0, 0.05) is 11.6 Å². The third-order valence-electron chi connectivity index (χ3n) is 2.49. The van der Waals surface area contributed by atoms with Gasteiger partial charge >= 0.3 is 0 Å². The van der Waals surface area contributed by atoms with Crippen LogP contribution < -0.4 is 0 Å². The second-order valence-electron chi connectivity index (χ2n) is 3.97. The first-order valence-corrected chi connectivity index (χ1v) is 5.63. The molecule has 82 valence electrons. The zero-order valence-corrected chi connectivity index (χ0v) is 10.1. The van der Waals surface area contributed by atoms with E-state index in [0.717, 1.165) is 11.3 Å². The maximum atomic E-state index is 5.88. The minimum Gasteiger partial charge on any atom is -0.236 e. The summed E-state index contributed by atoms with van der Waals surface area (Å²) in [6, 6.07) is 10.0. The van der Waals surface area contributed by atoms with Crippen LogP contribution in [0.4, 0.5) is 0 Å². The van der Waals surface area contributed by atoms with Crippen LogP contribution in [-0.4, -0.2) is 9.97 Å². The summed E-state index contributed by atoms with van der Waals surface area (Å²) in [5, 5.41) is 0.476. The lowest BCUT2D eigenvalue weighted by molar-refractivity contribution is 0.867. The Kier molecular flexibility index (Phi) is 3.20. The van der Waals surface area contributed by atoms with Crippen molar-refractivity contribution in [2.24, 2.45) is 0 Å². The fourth-order valence-electron chi connectivity index (χ4n) is 1.71. The van der Waals surface area contributed by atoms with E-state index in [0.29, 0.717) is 11.1 Å². The summed E-state index contributed by atoms with van der Waals surface area (Å²) in [5.41, 5.74) is 3.28. The third-order valence-corrected chi connectivity index (χ3v) is 2.70. The smallest absolute Gasteiger partial charge is 0.133 e. The Hall–Kier alpha value is -1.41. The summed E-state index contributed by atoms with van der Waals surface area (Å²) in [6.45, 7) is 4.34. The second-order valence-corrected chi connectivity index (χ2v) is 4.36. The molecule has 0 saturated carbocycles. The highest BCUT2D eigenvalue weighted by Gasteiger charge is 2.09. The van der Waals surface area contributed by atoms with Crippen LogP contribution in [0, 0.1) is 0 Å². The number of aromatic nitrogens is 2. The fourth-order valence-corrected chi connectivity index (χ4v) is 1.86. The van der Waals surface area contributed by atoms with Crippen LogP contribution >= 0.6 is 11.6 Å². The van der Waals surface area contributed by atoms with Gasteiger partial charge in [-0.15, -0.1) is 0 Å². The molecule has 2 rings (SSSR count). The predicted molar refractivity (Wildman–Crippen MR) is 66.6 cm³/mol. The predicted octanol–water partition coefficient (Wildman–Crippen LogP) is 3.92. The summed E-state index contributed by atoms with van der Waals surface area (Å²) in [5.74, 6) is 0.463. The first kappa shape index (κ1) is 11.1. The van der Waals surface area contributed by atoms with Crippen molar-refractivity contribution >= 4 is 11.6 Å². The van der Waals surface area contributed by atoms with E-state index in [4.69, 9.17) is 11.6 Å². The van der Waals surface area contributed by atoms with Crippen molar-refractivity contribution in [1.82, 2.24) is 9.97 Å². The van der Waals surface area contributed by atoms with Crippen molar-refractivity contribution in [3.63, 3.8) is 0 Å². The summed E-state index contributed by atoms with van der Waals surface area (Å²) in [7, 11) is 0. The molecule has 0 atom stereocenters. The van der Waals surface area contributed by atoms with Gasteiger partial charge in [-0.25, -0.2) is 9.97 Å². The van der Waals surface area contributed by atoms with Gasteiger partial charge in [0.05, 0.1) is 5.69 Å². The molecule has 0 aliphatic carbocycles. The molecule has 2 nitrogen and oxygen atoms in total. The van der Waals surface area contributed by atoms with Crippen LogP contribution in [0.25, 0.3) is 11.3 Å². The summed E-state index contributed by atoms with van der Waals surface area (Å²) in [6.07, 6.45) is 1.49. The topological polar surface area (TPSA) is 25.8 Å². The number of hydrogen-bond acceptors (Lipinski definition) is 2. The van der Waals surface area contributed by atoms with E-state index in [1.54, 1.807) is 6.07 Å². The van der Waals surface area contributed by atoms with Crippen LogP contribution in [-0.2, 0) is 0 Å². The molecule has 0 aliphatic rings. The average Bonchev–Trinajstić information content (AvgIpc) is 2.29. The van der Waals surface area contributed by atoms with E-state index in [2.05, 4.69) is 35.9 Å². The monoisotopic (exact) mass is 232 g/mol. The molecular formula is C13H13ClN2. The third kappa shape index (κ3) is 2.22. The summed E-state index contributed by atoms with van der Waals surface area (Å²) >= 11 is 5.88. The van der Waals surface area contributed by atoms with Crippen LogP contribution in [0.15, 0.2) is 36.7 Å². The Labute approximate surface area is 100 Å². The molecule has 1 heterocycles. The number of rotatable bonds is 2. The minimum atomic E-state index is 0.463. The average molecular weight is 233 g/mol. The van der Waals surface area contributed by atoms with Crippen LogP contribution in [0.1, 0.15) is 25.3 Å². The fraction of sp³-hybridized carbons (Fsp3) is 0.231. The SMILES string of the molecule is CC(C)c1ccccc1-c1cc(Cl)ncn1. The summed E-state index contributed by atoms with van der Waals surface area (Å²) < 4.78 is 0. The van der Waals surface area contributed by atoms with Crippen LogP contribution in [0.3, 0.4) is 0 Å². The van der Waals surface area contributed by atoms with E-state index in [1.807, 2.05) is 12.1 Å². The minimum absolute atomic E-state index is 0.463. The molecule has 0 amide bonds. The quantitative estimate of drug-likeness (QED) is 0.734. The zero-order valence-electron chi connectivity index (χ0n) is 9.31. The Morgan fingerprint density at radius 2 is 1.88 bits per heavy atom. The highest BCUT2D eigenvalue weighted by atomic mass is 35.5. The molecule has 0 saturated heterocycles. The highest BCUT2D eigenvalue weighted by molar-refractivity contribution is 6.29. The Morgan fingerprint density at radius 3 is 2.56 bits per heavy atom. The van der Waals surface area contributed by atoms with Gasteiger partial charge in [0.1, 0.15) is 11.5 Å². The molecular weight excluding hydrogens is 220 g/mol. The van der Waals surface area contributed by atoms with Gasteiger partial charge in [0.25, 0.3) is 0 Å². The van der Waals surface area contributed by atoms with Gasteiger partial charge in [0.15, 0.2) is 0 Å². The lowest BCUT2D eigenvalue weighted by Gasteiger charge is -2.11. The molecule has 1 aromatic heterocycles. The molecule has 0 N–H and O–H groups in total. The van der Waals surface area contributed by atoms with Crippen molar-refractivity contribution in [1.29, 1.82) is 0 Å². The van der Waals surface area contributed by atoms with Crippen molar-refractivity contribution in [2.75, 3.05) is 0 Å². The van der Waals surface area contributed by atoms with Gasteiger partial charge in [0.2, 0.25) is 0 Å². The van der Waals surface area contributed by atoms with E-state index in [1.165, 1.54) is 11.9 Å². The van der Waals surface area contributed by atoms with Crippen LogP contribution in [0.5, 0.6) is 0 Å². The Balaban J connectivity index is 2.55. The van der Waals surface area contributed by atoms with Gasteiger partial charge in [-0.2, -0.15) is 0 Å². The number of benzene rings is 1. The van der Waals surface area contributed by atoms with Gasteiger partial charge in [-0.05, 0) is 11.5 Å². The van der Waals surface area contributed by atoms with E-state index < -0.39 is 0 Å². The lowest BCUT2D eigenvalue weighted by atomic mass is 9.95. The first-order valence-electron chi connectivity index (χ1n) is 5.25. The highest BCUT2D eigenvalue weighted by Crippen LogP contribution is 2.28. The first-order chi connectivity index (χ1) is 7.68. The molecule has 0 bridgehead atoms. The molecule has 16 heavy (non-hydrogen) atoms. The Morgan fingerprint density at radius 1 is 1.12 bits per heavy atom. The van der Waals surface area contributed by atoms with Crippen molar-refractivity contribution in [2.45, 2.75) is 19.8 Å². The lowest BCUT2D eigenvalue weighted by Crippen LogP contribution is -1.94. The molecule has 3 heteroatoms. The normalized spacial score (nSPS) is 10.8. The summed E-state index contributed by atoms with van der Waals surface area (Å²) in [4.78, 5) is 8.15.